The zero-order valence-electron chi connectivity index (χ0n) is 11.9. The predicted molar refractivity (Wildman–Crippen MR) is 83.5 cm³/mol. The number of carbonyl (C=O) groups is 1. The number of H-pyrrole nitrogens is 1. The second-order valence-electron chi connectivity index (χ2n) is 5.56. The average molecular weight is 316 g/mol. The number of aromatic amines is 1. The fraction of sp³-hybridized carbons (Fsp3) is 0.267. The number of carbonyl (C=O) groups excluding carboxylic acids is 1. The summed E-state index contributed by atoms with van der Waals surface area (Å²) in [4.78, 5) is 16.9. The third kappa shape index (κ3) is 2.07. The van der Waals surface area contributed by atoms with Crippen LogP contribution < -0.4 is 5.32 Å². The molecule has 1 saturated carbocycles. The van der Waals surface area contributed by atoms with Crippen LogP contribution in [0.4, 0.5) is 5.82 Å². The number of imidazole rings is 1. The second-order valence-corrected chi connectivity index (χ2v) is 5.92. The summed E-state index contributed by atoms with van der Waals surface area (Å²) in [6.07, 6.45) is 5.63. The molecule has 1 fully saturated rings. The highest BCUT2D eigenvalue weighted by Gasteiger charge is 2.32. The van der Waals surface area contributed by atoms with Gasteiger partial charge in [0.2, 0.25) is 0 Å². The average Bonchev–Trinajstić information content (AvgIpc) is 3.15. The van der Waals surface area contributed by atoms with Gasteiger partial charge in [-0.05, 0) is 31.4 Å². The molecule has 1 amide bonds. The molecule has 0 spiro atoms. The summed E-state index contributed by atoms with van der Waals surface area (Å²) in [7, 11) is 0. The van der Waals surface area contributed by atoms with Gasteiger partial charge in [-0.25, -0.2) is 4.98 Å². The van der Waals surface area contributed by atoms with E-state index in [0.29, 0.717) is 17.3 Å². The van der Waals surface area contributed by atoms with Crippen LogP contribution in [0.25, 0.3) is 5.65 Å². The third-order valence-corrected chi connectivity index (χ3v) is 4.21. The Morgan fingerprint density at radius 3 is 3.09 bits per heavy atom. The van der Waals surface area contributed by atoms with Crippen LogP contribution in [0.15, 0.2) is 24.5 Å². The Kier molecular flexibility index (Phi) is 2.94. The standard InChI is InChI=1S/C15H14ClN5O/c1-8-3-2-6-21-10(7-17-14(8)21)18-15(22)11-12(9-4-5-9)19-20-13(11)16/h2-3,6-7,9H,4-5H2,1H3,(H,18,22)(H,19,20). The Morgan fingerprint density at radius 1 is 1.50 bits per heavy atom. The first-order valence-corrected chi connectivity index (χ1v) is 7.50. The lowest BCUT2D eigenvalue weighted by Crippen LogP contribution is -2.15. The van der Waals surface area contributed by atoms with Crippen LogP contribution in [0.2, 0.25) is 5.15 Å². The Hall–Kier alpha value is -2.34. The lowest BCUT2D eigenvalue weighted by Gasteiger charge is -2.06. The first-order valence-electron chi connectivity index (χ1n) is 7.13. The molecule has 2 N–H and O–H groups in total. The second kappa shape index (κ2) is 4.84. The van der Waals surface area contributed by atoms with Crippen LogP contribution in [0.3, 0.4) is 0 Å². The van der Waals surface area contributed by atoms with Gasteiger partial charge in [0.15, 0.2) is 5.15 Å². The van der Waals surface area contributed by atoms with Crippen LogP contribution in [-0.2, 0) is 0 Å². The summed E-state index contributed by atoms with van der Waals surface area (Å²) in [6.45, 7) is 1.98. The summed E-state index contributed by atoms with van der Waals surface area (Å²) in [5.41, 5.74) is 3.13. The first kappa shape index (κ1) is 13.3. The van der Waals surface area contributed by atoms with Crippen LogP contribution in [-0.4, -0.2) is 25.5 Å². The predicted octanol–water partition coefficient (Wildman–Crippen LogP) is 3.15. The van der Waals surface area contributed by atoms with Crippen molar-refractivity contribution < 1.29 is 4.79 Å². The zero-order chi connectivity index (χ0) is 15.3. The number of nitrogens with one attached hydrogen (secondary N) is 2. The molecular weight excluding hydrogens is 302 g/mol. The summed E-state index contributed by atoms with van der Waals surface area (Å²) < 4.78 is 1.85. The molecule has 0 radical (unpaired) electrons. The molecule has 112 valence electrons. The van der Waals surface area contributed by atoms with E-state index in [1.165, 1.54) is 0 Å². The van der Waals surface area contributed by atoms with E-state index >= 15 is 0 Å². The van der Waals surface area contributed by atoms with Gasteiger partial charge in [0.1, 0.15) is 11.5 Å². The number of hydrogen-bond donors (Lipinski definition) is 2. The van der Waals surface area contributed by atoms with Crippen LogP contribution >= 0.6 is 11.6 Å². The maximum atomic E-state index is 12.6. The van der Waals surface area contributed by atoms with E-state index in [9.17, 15) is 4.79 Å². The number of halogens is 1. The van der Waals surface area contributed by atoms with Gasteiger partial charge in [0, 0.05) is 12.1 Å². The molecule has 1 aliphatic carbocycles. The number of amides is 1. The molecule has 7 heteroatoms. The highest BCUT2D eigenvalue weighted by molar-refractivity contribution is 6.33. The highest BCUT2D eigenvalue weighted by atomic mass is 35.5. The van der Waals surface area contributed by atoms with Crippen molar-refractivity contribution >= 4 is 29.0 Å². The van der Waals surface area contributed by atoms with Crippen molar-refractivity contribution in [3.05, 3.63) is 46.5 Å². The molecular formula is C15H14ClN5O. The quantitative estimate of drug-likeness (QED) is 0.779. The van der Waals surface area contributed by atoms with Gasteiger partial charge in [-0.2, -0.15) is 5.10 Å². The Bertz CT molecular complexity index is 877. The molecule has 0 aliphatic heterocycles. The van der Waals surface area contributed by atoms with Gasteiger partial charge in [-0.3, -0.25) is 14.3 Å². The maximum Gasteiger partial charge on any atom is 0.261 e. The van der Waals surface area contributed by atoms with Gasteiger partial charge in [0.05, 0.1) is 17.5 Å². The lowest BCUT2D eigenvalue weighted by molar-refractivity contribution is 0.102. The molecule has 3 heterocycles. The number of hydrogen-bond acceptors (Lipinski definition) is 3. The van der Waals surface area contributed by atoms with Gasteiger partial charge >= 0.3 is 0 Å². The molecule has 0 bridgehead atoms. The van der Waals surface area contributed by atoms with Gasteiger partial charge in [-0.1, -0.05) is 17.7 Å². The van der Waals surface area contributed by atoms with E-state index in [4.69, 9.17) is 11.6 Å². The van der Waals surface area contributed by atoms with Crippen LogP contribution in [0.1, 0.15) is 40.4 Å². The number of pyridine rings is 1. The molecule has 0 saturated heterocycles. The summed E-state index contributed by atoms with van der Waals surface area (Å²) in [6, 6.07) is 3.90. The monoisotopic (exact) mass is 315 g/mol. The van der Waals surface area contributed by atoms with Crippen molar-refractivity contribution in [3.63, 3.8) is 0 Å². The van der Waals surface area contributed by atoms with E-state index in [2.05, 4.69) is 20.5 Å². The van der Waals surface area contributed by atoms with Crippen molar-refractivity contribution in [3.8, 4) is 0 Å². The smallest absolute Gasteiger partial charge is 0.261 e. The number of nitrogens with zero attached hydrogens (tertiary/aromatic N) is 3. The van der Waals surface area contributed by atoms with Crippen molar-refractivity contribution in [2.45, 2.75) is 25.7 Å². The van der Waals surface area contributed by atoms with Crippen LogP contribution in [0, 0.1) is 6.92 Å². The summed E-state index contributed by atoms with van der Waals surface area (Å²) in [5, 5.41) is 9.93. The van der Waals surface area contributed by atoms with Gasteiger partial charge < -0.3 is 5.32 Å². The third-order valence-electron chi connectivity index (χ3n) is 3.94. The number of anilines is 1. The molecule has 0 aromatic carbocycles. The Labute approximate surface area is 131 Å². The molecule has 22 heavy (non-hydrogen) atoms. The van der Waals surface area contributed by atoms with E-state index in [-0.39, 0.29) is 11.1 Å². The maximum absolute atomic E-state index is 12.6. The minimum absolute atomic E-state index is 0.212. The SMILES string of the molecule is Cc1cccn2c(NC(=O)c3c(Cl)n[nH]c3C3CC3)cnc12. The van der Waals surface area contributed by atoms with Gasteiger partial charge in [0.25, 0.3) is 5.91 Å². The minimum atomic E-state index is -0.260. The highest BCUT2D eigenvalue weighted by Crippen LogP contribution is 2.42. The van der Waals surface area contributed by atoms with E-state index in [0.717, 1.165) is 29.7 Å². The van der Waals surface area contributed by atoms with E-state index in [1.807, 2.05) is 29.7 Å². The van der Waals surface area contributed by atoms with Crippen LogP contribution in [0.5, 0.6) is 0 Å². The van der Waals surface area contributed by atoms with E-state index in [1.54, 1.807) is 6.20 Å². The molecule has 6 nitrogen and oxygen atoms in total. The van der Waals surface area contributed by atoms with E-state index < -0.39 is 0 Å². The topological polar surface area (TPSA) is 75.1 Å². The lowest BCUT2D eigenvalue weighted by atomic mass is 10.1. The number of aromatic nitrogens is 4. The summed E-state index contributed by atoms with van der Waals surface area (Å²) in [5.74, 6) is 0.719. The largest absolute Gasteiger partial charge is 0.306 e. The Balaban J connectivity index is 1.69. The number of aryl methyl sites for hydroxylation is 1. The number of fused-ring (bicyclic) bond motifs is 1. The normalized spacial score (nSPS) is 14.5. The zero-order valence-corrected chi connectivity index (χ0v) is 12.7. The van der Waals surface area contributed by atoms with Crippen molar-refractivity contribution in [1.29, 1.82) is 0 Å². The molecule has 4 rings (SSSR count). The fourth-order valence-corrected chi connectivity index (χ4v) is 2.87. The summed E-state index contributed by atoms with van der Waals surface area (Å²) >= 11 is 6.07. The molecule has 1 aliphatic rings. The van der Waals surface area contributed by atoms with Crippen molar-refractivity contribution in [2.75, 3.05) is 5.32 Å². The van der Waals surface area contributed by atoms with Gasteiger partial charge in [-0.15, -0.1) is 0 Å². The van der Waals surface area contributed by atoms with Crippen molar-refractivity contribution in [1.82, 2.24) is 19.6 Å². The molecule has 3 aromatic heterocycles. The Morgan fingerprint density at radius 2 is 2.32 bits per heavy atom. The van der Waals surface area contributed by atoms with Crippen molar-refractivity contribution in [2.24, 2.45) is 0 Å². The fourth-order valence-electron chi connectivity index (χ4n) is 2.64. The minimum Gasteiger partial charge on any atom is -0.306 e. The first-order chi connectivity index (χ1) is 10.6. The number of rotatable bonds is 3. The molecule has 0 unspecified atom stereocenters. The molecule has 3 aromatic rings. The molecule has 0 atom stereocenters.